The molecule has 0 radical (unpaired) electrons. The summed E-state index contributed by atoms with van der Waals surface area (Å²) in [5.41, 5.74) is 3.26. The van der Waals surface area contributed by atoms with Crippen molar-refractivity contribution < 1.29 is 9.30 Å². The zero-order valence-corrected chi connectivity index (χ0v) is 17.0. The Labute approximate surface area is 158 Å². The third kappa shape index (κ3) is 3.26. The van der Waals surface area contributed by atoms with Gasteiger partial charge in [0.05, 0.1) is 24.9 Å². The summed E-state index contributed by atoms with van der Waals surface area (Å²) in [4.78, 5) is 11.8. The second-order valence-corrected chi connectivity index (χ2v) is 10.6. The largest absolute Gasteiger partial charge is 0.377 e. The van der Waals surface area contributed by atoms with Gasteiger partial charge >= 0.3 is 0 Å². The van der Waals surface area contributed by atoms with E-state index in [0.29, 0.717) is 13.2 Å². The number of nitrogens with one attached hydrogen (secondary N) is 1. The molecule has 1 saturated heterocycles. The predicted molar refractivity (Wildman–Crippen MR) is 109 cm³/mol. The van der Waals surface area contributed by atoms with Crippen LogP contribution in [0.3, 0.4) is 0 Å². The van der Waals surface area contributed by atoms with E-state index in [2.05, 4.69) is 27.0 Å². The van der Waals surface area contributed by atoms with Crippen LogP contribution in [0.2, 0.25) is 0 Å². The predicted octanol–water partition coefficient (Wildman–Crippen LogP) is 2.80. The van der Waals surface area contributed by atoms with Crippen LogP contribution in [-0.4, -0.2) is 59.3 Å². The molecule has 1 aliphatic rings. The average Bonchev–Trinajstić information content (AvgIpc) is 3.15. The number of rotatable bonds is 3. The summed E-state index contributed by atoms with van der Waals surface area (Å²) in [7, 11) is -2.54. The van der Waals surface area contributed by atoms with Crippen LogP contribution in [0.1, 0.15) is 12.5 Å². The summed E-state index contributed by atoms with van der Waals surface area (Å²) < 4.78 is 18.8. The monoisotopic (exact) mass is 385 g/mol. The highest BCUT2D eigenvalue weighted by Crippen LogP contribution is 2.41. The Bertz CT molecular complexity index is 1030. The summed E-state index contributed by atoms with van der Waals surface area (Å²) in [5.74, 6) is 0.824. The number of nitrogens with zero attached hydrogens (tertiary/aromatic N) is 4. The molecular weight excluding hydrogens is 361 g/mol. The molecule has 1 N–H and O–H groups in total. The highest BCUT2D eigenvalue weighted by Gasteiger charge is 2.26. The van der Waals surface area contributed by atoms with Crippen molar-refractivity contribution >= 4 is 29.2 Å². The number of ether oxygens (including phenoxy) is 1. The van der Waals surface area contributed by atoms with Crippen molar-refractivity contribution in [3.8, 4) is 11.4 Å². The van der Waals surface area contributed by atoms with Crippen LogP contribution in [0.4, 0.5) is 5.82 Å². The summed E-state index contributed by atoms with van der Waals surface area (Å²) >= 11 is 0. The first-order chi connectivity index (χ1) is 12.9. The van der Waals surface area contributed by atoms with E-state index in [4.69, 9.17) is 9.72 Å². The normalized spacial score (nSPS) is 18.2. The Morgan fingerprint density at radius 2 is 2.19 bits per heavy atom. The maximum absolute atomic E-state index is 13.2. The van der Waals surface area contributed by atoms with Crippen molar-refractivity contribution in [2.45, 2.75) is 19.9 Å². The first-order valence-electron chi connectivity index (χ1n) is 9.06. The van der Waals surface area contributed by atoms with Crippen molar-refractivity contribution in [3.05, 3.63) is 30.1 Å². The lowest BCUT2D eigenvalue weighted by molar-refractivity contribution is 0.0986. The minimum Gasteiger partial charge on any atom is -0.377 e. The fraction of sp³-hybridized carbons (Fsp3) is 0.421. The number of aromatic nitrogens is 4. The molecule has 0 aromatic carbocycles. The van der Waals surface area contributed by atoms with Gasteiger partial charge in [0.25, 0.3) is 0 Å². The van der Waals surface area contributed by atoms with Crippen molar-refractivity contribution in [2.75, 3.05) is 38.0 Å². The SMILES string of the molecule is Cc1cnc(-c2ccn[nH]2)c2nc(N3CCOCC3C)cc(P(C)(C)=O)c12. The van der Waals surface area contributed by atoms with E-state index in [1.54, 1.807) is 6.20 Å². The summed E-state index contributed by atoms with van der Waals surface area (Å²) in [6.07, 6.45) is 3.51. The zero-order chi connectivity index (χ0) is 19.2. The van der Waals surface area contributed by atoms with E-state index in [1.165, 1.54) is 0 Å². The molecule has 3 aromatic rings. The zero-order valence-electron chi connectivity index (χ0n) is 16.1. The Hall–Kier alpha value is -2.24. The molecule has 1 unspecified atom stereocenters. The van der Waals surface area contributed by atoms with Crippen LogP contribution in [0.15, 0.2) is 24.5 Å². The number of aromatic amines is 1. The fourth-order valence-corrected chi connectivity index (χ4v) is 4.84. The number of fused-ring (bicyclic) bond motifs is 1. The average molecular weight is 385 g/mol. The molecule has 0 amide bonds. The van der Waals surface area contributed by atoms with E-state index in [9.17, 15) is 4.57 Å². The highest BCUT2D eigenvalue weighted by molar-refractivity contribution is 7.70. The highest BCUT2D eigenvalue weighted by atomic mass is 31.2. The lowest BCUT2D eigenvalue weighted by atomic mass is 10.1. The third-order valence-corrected chi connectivity index (χ3v) is 6.50. The van der Waals surface area contributed by atoms with Gasteiger partial charge < -0.3 is 14.2 Å². The molecule has 0 spiro atoms. The number of aryl methyl sites for hydroxylation is 1. The number of anilines is 1. The molecular formula is C19H24N5O2P. The Kier molecular flexibility index (Phi) is 4.52. The molecule has 3 aromatic heterocycles. The second kappa shape index (κ2) is 6.73. The second-order valence-electron chi connectivity index (χ2n) is 7.45. The molecule has 4 rings (SSSR count). The Morgan fingerprint density at radius 1 is 1.37 bits per heavy atom. The van der Waals surface area contributed by atoms with Gasteiger partial charge in [-0.25, -0.2) is 4.98 Å². The maximum Gasteiger partial charge on any atom is 0.130 e. The van der Waals surface area contributed by atoms with Gasteiger partial charge in [-0.1, -0.05) is 0 Å². The van der Waals surface area contributed by atoms with Crippen LogP contribution >= 0.6 is 7.14 Å². The molecule has 1 aliphatic heterocycles. The number of H-pyrrole nitrogens is 1. The first-order valence-corrected chi connectivity index (χ1v) is 11.7. The van der Waals surface area contributed by atoms with E-state index in [-0.39, 0.29) is 6.04 Å². The summed E-state index contributed by atoms with van der Waals surface area (Å²) in [6, 6.07) is 4.08. The van der Waals surface area contributed by atoms with Crippen LogP contribution in [0.25, 0.3) is 22.3 Å². The van der Waals surface area contributed by atoms with Crippen LogP contribution in [0, 0.1) is 6.92 Å². The van der Waals surface area contributed by atoms with Gasteiger partial charge in [0.1, 0.15) is 24.2 Å². The van der Waals surface area contributed by atoms with Crippen molar-refractivity contribution in [1.29, 1.82) is 0 Å². The van der Waals surface area contributed by atoms with E-state index in [1.807, 2.05) is 38.6 Å². The lowest BCUT2D eigenvalue weighted by Crippen LogP contribution is -2.44. The fourth-order valence-electron chi connectivity index (χ4n) is 3.59. The van der Waals surface area contributed by atoms with Crippen LogP contribution < -0.4 is 10.2 Å². The number of pyridine rings is 2. The standard InChI is InChI=1S/C19H24N5O2P/c1-12-10-20-18(14-5-6-21-23-14)19-17(12)15(27(3,4)25)9-16(22-19)24-7-8-26-11-13(24)2/h5-6,9-10,13H,7-8,11H2,1-4H3,(H,21,23). The molecule has 1 atom stereocenters. The molecule has 8 heteroatoms. The molecule has 1 fully saturated rings. The van der Waals surface area contributed by atoms with Gasteiger partial charge in [-0.3, -0.25) is 10.1 Å². The Balaban J connectivity index is 2.04. The van der Waals surface area contributed by atoms with Gasteiger partial charge in [0, 0.05) is 29.6 Å². The van der Waals surface area contributed by atoms with Gasteiger partial charge in [-0.15, -0.1) is 0 Å². The van der Waals surface area contributed by atoms with Crippen molar-refractivity contribution in [1.82, 2.24) is 20.2 Å². The van der Waals surface area contributed by atoms with Gasteiger partial charge in [-0.2, -0.15) is 5.10 Å². The molecule has 0 aliphatic carbocycles. The summed E-state index contributed by atoms with van der Waals surface area (Å²) in [5, 5.41) is 8.80. The molecule has 7 nitrogen and oxygen atoms in total. The molecule has 0 bridgehead atoms. The molecule has 27 heavy (non-hydrogen) atoms. The number of morpholine rings is 1. The molecule has 0 saturated carbocycles. The number of hydrogen-bond donors (Lipinski definition) is 1. The first kappa shape index (κ1) is 18.1. The topological polar surface area (TPSA) is 84.0 Å². The maximum atomic E-state index is 13.2. The van der Waals surface area contributed by atoms with Gasteiger partial charge in [0.15, 0.2) is 0 Å². The Morgan fingerprint density at radius 3 is 2.85 bits per heavy atom. The minimum absolute atomic E-state index is 0.207. The third-order valence-electron chi connectivity index (χ3n) is 4.99. The van der Waals surface area contributed by atoms with Crippen molar-refractivity contribution in [3.63, 3.8) is 0 Å². The van der Waals surface area contributed by atoms with Crippen molar-refractivity contribution in [2.24, 2.45) is 0 Å². The van der Waals surface area contributed by atoms with Gasteiger partial charge in [-0.05, 0) is 44.9 Å². The van der Waals surface area contributed by atoms with Crippen LogP contribution in [0.5, 0.6) is 0 Å². The van der Waals surface area contributed by atoms with E-state index < -0.39 is 7.14 Å². The van der Waals surface area contributed by atoms with E-state index >= 15 is 0 Å². The summed E-state index contributed by atoms with van der Waals surface area (Å²) in [6.45, 7) is 9.80. The van der Waals surface area contributed by atoms with E-state index in [0.717, 1.165) is 45.5 Å². The molecule has 142 valence electrons. The minimum atomic E-state index is -2.54. The quantitative estimate of drug-likeness (QED) is 0.698. The molecule has 4 heterocycles. The number of hydrogen-bond acceptors (Lipinski definition) is 6. The lowest BCUT2D eigenvalue weighted by Gasteiger charge is -2.35. The van der Waals surface area contributed by atoms with Gasteiger partial charge in [0.2, 0.25) is 0 Å². The smallest absolute Gasteiger partial charge is 0.130 e. The van der Waals surface area contributed by atoms with Crippen LogP contribution in [-0.2, 0) is 9.30 Å².